The van der Waals surface area contributed by atoms with Crippen molar-refractivity contribution >= 4 is 17.8 Å². The number of hydrogen-bond acceptors (Lipinski definition) is 7. The van der Waals surface area contributed by atoms with Crippen LogP contribution in [0.5, 0.6) is 5.88 Å². The number of benzene rings is 2. The molecule has 218 valence electrons. The highest BCUT2D eigenvalue weighted by atomic mass is 19.2. The third kappa shape index (κ3) is 5.87. The van der Waals surface area contributed by atoms with Crippen LogP contribution in [0.15, 0.2) is 48.5 Å². The molecule has 13 heteroatoms. The van der Waals surface area contributed by atoms with Gasteiger partial charge in [-0.05, 0) is 43.2 Å². The van der Waals surface area contributed by atoms with Gasteiger partial charge in [0.1, 0.15) is 11.9 Å². The summed E-state index contributed by atoms with van der Waals surface area (Å²) in [6.07, 6.45) is 0.0471. The van der Waals surface area contributed by atoms with Gasteiger partial charge in [-0.15, -0.1) is 5.10 Å². The highest BCUT2D eigenvalue weighted by Crippen LogP contribution is 2.60. The molecule has 1 saturated carbocycles. The van der Waals surface area contributed by atoms with Crippen LogP contribution in [0.4, 0.5) is 19.4 Å². The molecule has 2 heterocycles. The summed E-state index contributed by atoms with van der Waals surface area (Å²) in [5, 5.41) is 23.5. The van der Waals surface area contributed by atoms with Crippen molar-refractivity contribution in [2.75, 3.05) is 38.2 Å². The van der Waals surface area contributed by atoms with Crippen molar-refractivity contribution in [3.05, 3.63) is 71.3 Å². The Morgan fingerprint density at radius 3 is 2.68 bits per heavy atom. The van der Waals surface area contributed by atoms with Crippen LogP contribution in [0.25, 0.3) is 5.69 Å². The van der Waals surface area contributed by atoms with Crippen molar-refractivity contribution in [3.8, 4) is 11.6 Å². The second-order valence-electron chi connectivity index (χ2n) is 10.1. The first-order chi connectivity index (χ1) is 19.8. The van der Waals surface area contributed by atoms with Crippen LogP contribution in [-0.4, -0.2) is 70.8 Å². The van der Waals surface area contributed by atoms with E-state index < -0.39 is 35.1 Å². The number of hydrogen-bond donors (Lipinski definition) is 4. The second-order valence-corrected chi connectivity index (χ2v) is 10.1. The topological polar surface area (TPSA) is 130 Å². The fourth-order valence-electron chi connectivity index (χ4n) is 5.14. The van der Waals surface area contributed by atoms with Crippen LogP contribution in [0.1, 0.15) is 30.6 Å². The van der Waals surface area contributed by atoms with Gasteiger partial charge in [-0.1, -0.05) is 31.2 Å². The lowest BCUT2D eigenvalue weighted by atomic mass is 9.92. The van der Waals surface area contributed by atoms with Gasteiger partial charge in [0.2, 0.25) is 5.88 Å². The summed E-state index contributed by atoms with van der Waals surface area (Å²) in [7, 11) is 0. The molecule has 1 aliphatic carbocycles. The molecule has 3 amide bonds. The van der Waals surface area contributed by atoms with Gasteiger partial charge in [-0.2, -0.15) is 5.06 Å². The molecular formula is C28H32F2N6O5. The second kappa shape index (κ2) is 11.8. The van der Waals surface area contributed by atoms with Gasteiger partial charge in [0.05, 0.1) is 17.9 Å². The summed E-state index contributed by atoms with van der Waals surface area (Å²) < 4.78 is 34.7. The van der Waals surface area contributed by atoms with Gasteiger partial charge in [0.15, 0.2) is 18.2 Å². The first-order valence-electron chi connectivity index (χ1n) is 13.3. The van der Waals surface area contributed by atoms with E-state index in [4.69, 9.17) is 14.7 Å². The molecule has 1 saturated heterocycles. The Bertz CT molecular complexity index is 1420. The van der Waals surface area contributed by atoms with E-state index in [1.54, 1.807) is 12.0 Å². The molecule has 5 rings (SSSR count). The Labute approximate surface area is 235 Å². The number of anilines is 1. The number of nitrogens with one attached hydrogen (secondary N) is 3. The maximum Gasteiger partial charge on any atom is 0.320 e. The average molecular weight is 571 g/mol. The number of hydroxylamine groups is 2. The molecule has 41 heavy (non-hydrogen) atoms. The number of carbonyl (C=O) groups is 2. The third-order valence-corrected chi connectivity index (χ3v) is 7.36. The summed E-state index contributed by atoms with van der Waals surface area (Å²) in [5.74, 6) is -1.80. The maximum atomic E-state index is 14.0. The molecule has 3 atom stereocenters. The molecule has 11 nitrogen and oxygen atoms in total. The van der Waals surface area contributed by atoms with Crippen LogP contribution in [0.3, 0.4) is 0 Å². The van der Waals surface area contributed by atoms with Crippen LogP contribution >= 0.6 is 0 Å². The van der Waals surface area contributed by atoms with Gasteiger partial charge in [0, 0.05) is 31.1 Å². The highest BCUT2D eigenvalue weighted by molar-refractivity contribution is 5.90. The van der Waals surface area contributed by atoms with Crippen molar-refractivity contribution in [1.82, 2.24) is 25.5 Å². The summed E-state index contributed by atoms with van der Waals surface area (Å²) in [5.41, 5.74) is 1.18. The van der Waals surface area contributed by atoms with Crippen LogP contribution in [0.2, 0.25) is 0 Å². The van der Waals surface area contributed by atoms with E-state index in [1.165, 1.54) is 10.7 Å². The van der Waals surface area contributed by atoms with Gasteiger partial charge in [-0.25, -0.2) is 18.3 Å². The summed E-state index contributed by atoms with van der Waals surface area (Å²) in [6.45, 7) is 4.36. The minimum Gasteiger partial charge on any atom is -0.466 e. The zero-order valence-corrected chi connectivity index (χ0v) is 22.7. The van der Waals surface area contributed by atoms with E-state index in [2.05, 4.69) is 21.0 Å². The Hall–Kier alpha value is -4.07. The molecule has 3 aromatic rings. The van der Waals surface area contributed by atoms with Gasteiger partial charge in [0.25, 0.3) is 5.91 Å². The average Bonchev–Trinajstić information content (AvgIpc) is 3.35. The normalized spacial score (nSPS) is 21.6. The number of nitrogens with zero attached hydrogens (tertiary/aromatic N) is 3. The number of rotatable bonds is 10. The summed E-state index contributed by atoms with van der Waals surface area (Å²) in [4.78, 5) is 31.3. The van der Waals surface area contributed by atoms with Gasteiger partial charge in [-0.3, -0.25) is 14.9 Å². The molecule has 1 unspecified atom stereocenters. The van der Waals surface area contributed by atoms with E-state index in [1.807, 2.05) is 37.3 Å². The smallest absolute Gasteiger partial charge is 0.320 e. The van der Waals surface area contributed by atoms with E-state index in [9.17, 15) is 18.4 Å². The van der Waals surface area contributed by atoms with Crippen LogP contribution in [-0.2, 0) is 9.63 Å². The predicted octanol–water partition coefficient (Wildman–Crippen LogP) is 2.83. The van der Waals surface area contributed by atoms with Crippen LogP contribution in [0, 0.1) is 24.0 Å². The SMILES string of the molecule is CCN1C[C@@]2(C[C@@H]2NC(=O)Nc2c(C)c(OCC(=O)NCCO)nn2-c2ccccc2)C(c2ccc(F)c(F)c2)O1. The first-order valence-corrected chi connectivity index (χ1v) is 13.3. The number of aromatic nitrogens is 2. The Kier molecular flexibility index (Phi) is 8.20. The number of aliphatic hydroxyl groups excluding tert-OH is 1. The quantitative estimate of drug-likeness (QED) is 0.295. The van der Waals surface area contributed by atoms with Crippen LogP contribution < -0.4 is 20.7 Å². The molecular weight excluding hydrogens is 538 g/mol. The number of halogens is 2. The molecule has 1 aromatic heterocycles. The predicted molar refractivity (Wildman–Crippen MR) is 144 cm³/mol. The number of aliphatic hydroxyl groups is 1. The minimum absolute atomic E-state index is 0.104. The lowest BCUT2D eigenvalue weighted by Gasteiger charge is -2.19. The molecule has 0 radical (unpaired) electrons. The molecule has 0 bridgehead atoms. The van der Waals surface area contributed by atoms with E-state index >= 15 is 0 Å². The summed E-state index contributed by atoms with van der Waals surface area (Å²) in [6, 6.07) is 12.1. The van der Waals surface area contributed by atoms with Crippen molar-refractivity contribution < 1.29 is 33.1 Å². The number of amides is 3. The van der Waals surface area contributed by atoms with E-state index in [0.717, 1.165) is 12.1 Å². The Balaban J connectivity index is 1.33. The molecule has 2 aromatic carbocycles. The molecule has 4 N–H and O–H groups in total. The molecule has 1 spiro atoms. The zero-order valence-electron chi connectivity index (χ0n) is 22.7. The van der Waals surface area contributed by atoms with Crippen molar-refractivity contribution in [1.29, 1.82) is 0 Å². The van der Waals surface area contributed by atoms with Crippen molar-refractivity contribution in [3.63, 3.8) is 0 Å². The largest absolute Gasteiger partial charge is 0.466 e. The van der Waals surface area contributed by atoms with Gasteiger partial charge >= 0.3 is 6.03 Å². The monoisotopic (exact) mass is 570 g/mol. The Morgan fingerprint density at radius 1 is 1.20 bits per heavy atom. The lowest BCUT2D eigenvalue weighted by molar-refractivity contribution is -0.146. The lowest BCUT2D eigenvalue weighted by Crippen LogP contribution is -2.36. The minimum atomic E-state index is -0.951. The standard InChI is InChI=1S/C28H32F2N6O5/c1-3-35-16-28(24(41-35)18-9-10-20(29)21(30)13-18)14-22(28)32-27(39)33-25-17(2)26(40-15-23(38)31-11-12-37)34-36(25)19-7-5-4-6-8-19/h4-10,13,22,24,37H,3,11-12,14-16H2,1-2H3,(H,31,38)(H2,32,33,39)/t22-,24?,28+/m0/s1. The number of urea groups is 1. The molecule has 1 aliphatic heterocycles. The zero-order chi connectivity index (χ0) is 29.1. The highest BCUT2D eigenvalue weighted by Gasteiger charge is 2.65. The Morgan fingerprint density at radius 2 is 1.98 bits per heavy atom. The van der Waals surface area contributed by atoms with Crippen molar-refractivity contribution in [2.24, 2.45) is 5.41 Å². The first kappa shape index (κ1) is 28.5. The fourth-order valence-corrected chi connectivity index (χ4v) is 5.14. The number of carbonyl (C=O) groups excluding carboxylic acids is 2. The van der Waals surface area contributed by atoms with E-state index in [0.29, 0.717) is 42.1 Å². The molecule has 2 fully saturated rings. The fraction of sp³-hybridized carbons (Fsp3) is 0.393. The van der Waals surface area contributed by atoms with Gasteiger partial charge < -0.3 is 20.5 Å². The third-order valence-electron chi connectivity index (χ3n) is 7.36. The van der Waals surface area contributed by atoms with Crippen molar-refractivity contribution in [2.45, 2.75) is 32.4 Å². The number of ether oxygens (including phenoxy) is 1. The number of para-hydroxylation sites is 1. The maximum absolute atomic E-state index is 14.0. The summed E-state index contributed by atoms with van der Waals surface area (Å²) >= 11 is 0. The van der Waals surface area contributed by atoms with E-state index in [-0.39, 0.29) is 31.7 Å². The molecule has 2 aliphatic rings.